The molecule has 15 heavy (non-hydrogen) atoms. The van der Waals surface area contributed by atoms with Crippen LogP contribution in [0.1, 0.15) is 6.92 Å². The van der Waals surface area contributed by atoms with Gasteiger partial charge in [0.1, 0.15) is 18.3 Å². The quantitative estimate of drug-likeness (QED) is 0.432. The minimum Gasteiger partial charge on any atom is -0.479 e. The lowest BCUT2D eigenvalue weighted by Gasteiger charge is -2.38. The SMILES string of the molecule is CCO[C@H]1OC(C(=O)O)[C@@H](O)C(O)[C@@H]1O. The van der Waals surface area contributed by atoms with Crippen LogP contribution in [0.15, 0.2) is 0 Å². The van der Waals surface area contributed by atoms with Crippen molar-refractivity contribution in [2.45, 2.75) is 37.6 Å². The summed E-state index contributed by atoms with van der Waals surface area (Å²) in [6.07, 6.45) is -7.57. The smallest absolute Gasteiger partial charge is 0.335 e. The number of hydrogen-bond acceptors (Lipinski definition) is 6. The van der Waals surface area contributed by atoms with Crippen molar-refractivity contribution in [3.05, 3.63) is 0 Å². The fourth-order valence-electron chi connectivity index (χ4n) is 1.35. The van der Waals surface area contributed by atoms with E-state index < -0.39 is 36.7 Å². The molecule has 1 heterocycles. The first-order valence-corrected chi connectivity index (χ1v) is 4.53. The molecular formula is C8H14O7. The highest BCUT2D eigenvalue weighted by Crippen LogP contribution is 2.22. The Hall–Kier alpha value is -0.730. The molecule has 0 aromatic rings. The molecule has 0 aromatic heterocycles. The van der Waals surface area contributed by atoms with Crippen molar-refractivity contribution in [1.29, 1.82) is 0 Å². The van der Waals surface area contributed by atoms with Crippen LogP contribution in [0, 0.1) is 0 Å². The van der Waals surface area contributed by atoms with Gasteiger partial charge in [-0.3, -0.25) is 0 Å². The van der Waals surface area contributed by atoms with Crippen LogP contribution in [0.5, 0.6) is 0 Å². The van der Waals surface area contributed by atoms with E-state index in [2.05, 4.69) is 0 Å². The largest absolute Gasteiger partial charge is 0.479 e. The van der Waals surface area contributed by atoms with Gasteiger partial charge in [-0.2, -0.15) is 0 Å². The molecule has 7 heteroatoms. The summed E-state index contributed by atoms with van der Waals surface area (Å²) in [5, 5.41) is 36.7. The van der Waals surface area contributed by atoms with E-state index in [0.29, 0.717) is 0 Å². The Kier molecular flexibility index (Phi) is 4.00. The average Bonchev–Trinajstić information content (AvgIpc) is 2.18. The average molecular weight is 222 g/mol. The monoisotopic (exact) mass is 222 g/mol. The molecular weight excluding hydrogens is 208 g/mol. The summed E-state index contributed by atoms with van der Waals surface area (Å²) < 4.78 is 9.69. The van der Waals surface area contributed by atoms with Gasteiger partial charge in [0.2, 0.25) is 0 Å². The summed E-state index contributed by atoms with van der Waals surface area (Å²) in [4.78, 5) is 10.6. The molecule has 0 amide bonds. The normalized spacial score (nSPS) is 41.5. The van der Waals surface area contributed by atoms with Crippen molar-refractivity contribution in [2.75, 3.05) is 6.61 Å². The highest BCUT2D eigenvalue weighted by atomic mass is 16.7. The second kappa shape index (κ2) is 4.86. The van der Waals surface area contributed by atoms with Gasteiger partial charge in [-0.25, -0.2) is 4.79 Å². The van der Waals surface area contributed by atoms with E-state index in [1.165, 1.54) is 0 Å². The summed E-state index contributed by atoms with van der Waals surface area (Å²) in [5.74, 6) is -1.42. The number of rotatable bonds is 3. The Bertz CT molecular complexity index is 231. The number of aliphatic carboxylic acids is 1. The van der Waals surface area contributed by atoms with Gasteiger partial charge in [-0.1, -0.05) is 0 Å². The van der Waals surface area contributed by atoms with Crippen molar-refractivity contribution in [3.63, 3.8) is 0 Å². The maximum absolute atomic E-state index is 10.6. The molecule has 2 unspecified atom stereocenters. The predicted octanol–water partition coefficient (Wildman–Crippen LogP) is -2.08. The van der Waals surface area contributed by atoms with Crippen LogP contribution in [-0.4, -0.2) is 63.7 Å². The standard InChI is InChI=1S/C8H14O7/c1-2-14-8-5(11)3(9)4(10)6(15-8)7(12)13/h3-6,8-11H,2H2,1H3,(H,12,13)/t3?,4-,5-,6?,8-/m0/s1. The zero-order valence-electron chi connectivity index (χ0n) is 8.11. The van der Waals surface area contributed by atoms with E-state index in [1.54, 1.807) is 6.92 Å². The maximum Gasteiger partial charge on any atom is 0.335 e. The number of ether oxygens (including phenoxy) is 2. The van der Waals surface area contributed by atoms with Gasteiger partial charge >= 0.3 is 5.97 Å². The van der Waals surface area contributed by atoms with E-state index in [-0.39, 0.29) is 6.61 Å². The third kappa shape index (κ3) is 2.44. The van der Waals surface area contributed by atoms with Crippen molar-refractivity contribution >= 4 is 5.97 Å². The van der Waals surface area contributed by atoms with Gasteiger partial charge in [0.25, 0.3) is 0 Å². The number of carboxylic acid groups (broad SMARTS) is 1. The maximum atomic E-state index is 10.6. The Balaban J connectivity index is 2.75. The summed E-state index contributed by atoms with van der Waals surface area (Å²) in [6, 6.07) is 0. The molecule has 1 saturated heterocycles. The molecule has 7 nitrogen and oxygen atoms in total. The number of aliphatic hydroxyl groups excluding tert-OH is 3. The number of hydrogen-bond donors (Lipinski definition) is 4. The predicted molar refractivity (Wildman–Crippen MR) is 45.9 cm³/mol. The molecule has 1 aliphatic rings. The van der Waals surface area contributed by atoms with Gasteiger partial charge in [-0.15, -0.1) is 0 Å². The van der Waals surface area contributed by atoms with Crippen LogP contribution in [0.3, 0.4) is 0 Å². The van der Waals surface area contributed by atoms with Crippen LogP contribution >= 0.6 is 0 Å². The van der Waals surface area contributed by atoms with E-state index >= 15 is 0 Å². The summed E-state index contributed by atoms with van der Waals surface area (Å²) >= 11 is 0. The Morgan fingerprint density at radius 3 is 2.33 bits per heavy atom. The topological polar surface area (TPSA) is 116 Å². The fourth-order valence-corrected chi connectivity index (χ4v) is 1.35. The van der Waals surface area contributed by atoms with Crippen LogP contribution < -0.4 is 0 Å². The summed E-state index contributed by atoms with van der Waals surface area (Å²) in [7, 11) is 0. The Labute approximate surface area is 85.9 Å². The molecule has 1 aliphatic heterocycles. The lowest BCUT2D eigenvalue weighted by Crippen LogP contribution is -2.60. The molecule has 0 bridgehead atoms. The van der Waals surface area contributed by atoms with Crippen molar-refractivity contribution in [3.8, 4) is 0 Å². The van der Waals surface area contributed by atoms with Crippen LogP contribution in [-0.2, 0) is 14.3 Å². The lowest BCUT2D eigenvalue weighted by atomic mass is 9.99. The number of aliphatic hydroxyl groups is 3. The van der Waals surface area contributed by atoms with Gasteiger partial charge < -0.3 is 29.9 Å². The van der Waals surface area contributed by atoms with E-state index in [0.717, 1.165) is 0 Å². The van der Waals surface area contributed by atoms with Crippen LogP contribution in [0.2, 0.25) is 0 Å². The molecule has 0 aromatic carbocycles. The van der Waals surface area contributed by atoms with Crippen LogP contribution in [0.4, 0.5) is 0 Å². The first-order chi connectivity index (χ1) is 6.99. The van der Waals surface area contributed by atoms with Crippen molar-refractivity contribution in [1.82, 2.24) is 0 Å². The molecule has 0 aliphatic carbocycles. The third-order valence-corrected chi connectivity index (χ3v) is 2.14. The zero-order chi connectivity index (χ0) is 11.6. The molecule has 5 atom stereocenters. The summed E-state index contributed by atoms with van der Waals surface area (Å²) in [5.41, 5.74) is 0. The molecule has 1 rings (SSSR count). The molecule has 0 saturated carbocycles. The van der Waals surface area contributed by atoms with Gasteiger partial charge in [0.05, 0.1) is 0 Å². The summed E-state index contributed by atoms with van der Waals surface area (Å²) in [6.45, 7) is 1.82. The van der Waals surface area contributed by atoms with Gasteiger partial charge in [0, 0.05) is 6.61 Å². The van der Waals surface area contributed by atoms with Crippen molar-refractivity contribution in [2.24, 2.45) is 0 Å². The second-order valence-electron chi connectivity index (χ2n) is 3.19. The van der Waals surface area contributed by atoms with E-state index in [9.17, 15) is 20.1 Å². The molecule has 0 spiro atoms. The minimum absolute atomic E-state index is 0.191. The van der Waals surface area contributed by atoms with E-state index in [1.807, 2.05) is 0 Å². The number of carboxylic acids is 1. The highest BCUT2D eigenvalue weighted by Gasteiger charge is 2.47. The first kappa shape index (κ1) is 12.3. The second-order valence-corrected chi connectivity index (χ2v) is 3.19. The third-order valence-electron chi connectivity index (χ3n) is 2.14. The molecule has 0 radical (unpaired) electrons. The highest BCUT2D eigenvalue weighted by molar-refractivity contribution is 5.73. The Morgan fingerprint density at radius 2 is 1.87 bits per heavy atom. The first-order valence-electron chi connectivity index (χ1n) is 4.53. The molecule has 4 N–H and O–H groups in total. The van der Waals surface area contributed by atoms with Crippen molar-refractivity contribution < 1.29 is 34.7 Å². The van der Waals surface area contributed by atoms with Crippen LogP contribution in [0.25, 0.3) is 0 Å². The number of carbonyl (C=O) groups is 1. The zero-order valence-corrected chi connectivity index (χ0v) is 8.11. The van der Waals surface area contributed by atoms with E-state index in [4.69, 9.17) is 14.6 Å². The lowest BCUT2D eigenvalue weighted by molar-refractivity contribution is -0.292. The molecule has 88 valence electrons. The molecule has 1 fully saturated rings. The van der Waals surface area contributed by atoms with Gasteiger partial charge in [-0.05, 0) is 6.92 Å². The fraction of sp³-hybridized carbons (Fsp3) is 0.875. The Morgan fingerprint density at radius 1 is 1.27 bits per heavy atom. The minimum atomic E-state index is -1.67. The van der Waals surface area contributed by atoms with Gasteiger partial charge in [0.15, 0.2) is 12.4 Å².